The SMILES string of the molecule is C1=CCCC1.C=CC.CC.CCCCC. The Labute approximate surface area is 98.5 Å². The van der Waals surface area contributed by atoms with Crippen molar-refractivity contribution < 1.29 is 0 Å². The maximum Gasteiger partial charge on any atom is -0.0348 e. The minimum absolute atomic E-state index is 1.32. The molecule has 0 aromatic carbocycles. The van der Waals surface area contributed by atoms with Crippen LogP contribution in [0.25, 0.3) is 0 Å². The van der Waals surface area contributed by atoms with E-state index in [0.717, 1.165) is 0 Å². The van der Waals surface area contributed by atoms with Crippen molar-refractivity contribution in [3.63, 3.8) is 0 Å². The molecule has 0 atom stereocenters. The van der Waals surface area contributed by atoms with Gasteiger partial charge in [0, 0.05) is 0 Å². The Kier molecular flexibility index (Phi) is 38.9. The number of allylic oxidation sites excluding steroid dienone is 3. The summed E-state index contributed by atoms with van der Waals surface area (Å²) in [6.07, 6.45) is 14.3. The summed E-state index contributed by atoms with van der Waals surface area (Å²) in [7, 11) is 0. The molecular weight excluding hydrogens is 180 g/mol. The van der Waals surface area contributed by atoms with Crippen molar-refractivity contribution in [1.29, 1.82) is 0 Å². The summed E-state index contributed by atoms with van der Waals surface area (Å²) in [6.45, 7) is 13.7. The topological polar surface area (TPSA) is 0 Å². The van der Waals surface area contributed by atoms with Crippen LogP contribution in [0.5, 0.6) is 0 Å². The van der Waals surface area contributed by atoms with Gasteiger partial charge in [-0.25, -0.2) is 0 Å². The van der Waals surface area contributed by atoms with Gasteiger partial charge in [0.25, 0.3) is 0 Å². The molecule has 0 saturated carbocycles. The van der Waals surface area contributed by atoms with Crippen molar-refractivity contribution in [3.05, 3.63) is 24.8 Å². The highest BCUT2D eigenvalue weighted by Crippen LogP contribution is 2.05. The molecule has 0 heterocycles. The lowest BCUT2D eigenvalue weighted by Gasteiger charge is -1.79. The zero-order valence-electron chi connectivity index (χ0n) is 11.7. The van der Waals surface area contributed by atoms with E-state index in [1.807, 2.05) is 20.8 Å². The molecule has 1 rings (SSSR count). The highest BCUT2D eigenvalue weighted by atomic mass is 13.9. The van der Waals surface area contributed by atoms with Crippen LogP contribution in [0.15, 0.2) is 24.8 Å². The Morgan fingerprint density at radius 2 is 1.40 bits per heavy atom. The Morgan fingerprint density at radius 3 is 1.47 bits per heavy atom. The molecule has 0 saturated heterocycles. The highest BCUT2D eigenvalue weighted by molar-refractivity contribution is 4.88. The zero-order chi connectivity index (χ0) is 12.4. The number of hydrogen-bond donors (Lipinski definition) is 0. The largest absolute Gasteiger partial charge is 0.103 e. The lowest BCUT2D eigenvalue weighted by Crippen LogP contribution is -1.59. The maximum absolute atomic E-state index is 3.36. The van der Waals surface area contributed by atoms with E-state index in [1.54, 1.807) is 6.08 Å². The van der Waals surface area contributed by atoms with Crippen LogP contribution in [-0.4, -0.2) is 0 Å². The summed E-state index contributed by atoms with van der Waals surface area (Å²) < 4.78 is 0. The maximum atomic E-state index is 3.36. The van der Waals surface area contributed by atoms with Crippen LogP contribution in [0.2, 0.25) is 0 Å². The average molecular weight is 212 g/mol. The molecule has 0 unspecified atom stereocenters. The Morgan fingerprint density at radius 1 is 1.07 bits per heavy atom. The molecular formula is C15H32. The third kappa shape index (κ3) is 42.3. The summed E-state index contributed by atoms with van der Waals surface area (Å²) in [5, 5.41) is 0. The van der Waals surface area contributed by atoms with Crippen LogP contribution in [0, 0.1) is 0 Å². The van der Waals surface area contributed by atoms with E-state index in [1.165, 1.54) is 38.5 Å². The predicted octanol–water partition coefficient (Wildman–Crippen LogP) is 6.14. The van der Waals surface area contributed by atoms with Crippen molar-refractivity contribution in [2.75, 3.05) is 0 Å². The van der Waals surface area contributed by atoms with Gasteiger partial charge in [-0.15, -0.1) is 6.58 Å². The molecule has 0 nitrogen and oxygen atoms in total. The van der Waals surface area contributed by atoms with E-state index >= 15 is 0 Å². The van der Waals surface area contributed by atoms with E-state index in [-0.39, 0.29) is 0 Å². The third-order valence-electron chi connectivity index (χ3n) is 1.62. The Balaban J connectivity index is -0.000000137. The average Bonchev–Trinajstić information content (AvgIpc) is 2.81. The van der Waals surface area contributed by atoms with E-state index in [9.17, 15) is 0 Å². The lowest BCUT2D eigenvalue weighted by molar-refractivity contribution is 0.772. The number of hydrogen-bond acceptors (Lipinski definition) is 0. The molecule has 1 aliphatic carbocycles. The van der Waals surface area contributed by atoms with E-state index in [4.69, 9.17) is 0 Å². The van der Waals surface area contributed by atoms with Crippen LogP contribution in [0.3, 0.4) is 0 Å². The minimum Gasteiger partial charge on any atom is -0.103 e. The van der Waals surface area contributed by atoms with Gasteiger partial charge >= 0.3 is 0 Å². The van der Waals surface area contributed by atoms with Gasteiger partial charge in [-0.2, -0.15) is 0 Å². The van der Waals surface area contributed by atoms with Gasteiger partial charge < -0.3 is 0 Å². The van der Waals surface area contributed by atoms with Crippen LogP contribution >= 0.6 is 0 Å². The molecule has 0 amide bonds. The van der Waals surface area contributed by atoms with Gasteiger partial charge in [0.1, 0.15) is 0 Å². The van der Waals surface area contributed by atoms with Crippen molar-refractivity contribution in [3.8, 4) is 0 Å². The first-order valence-electron chi connectivity index (χ1n) is 6.55. The normalized spacial score (nSPS) is 11.0. The summed E-state index contributed by atoms with van der Waals surface area (Å²) in [5.74, 6) is 0. The predicted molar refractivity (Wildman–Crippen MR) is 75.4 cm³/mol. The fourth-order valence-corrected chi connectivity index (χ4v) is 0.943. The summed E-state index contributed by atoms with van der Waals surface area (Å²) in [5.41, 5.74) is 0. The quantitative estimate of drug-likeness (QED) is 0.482. The monoisotopic (exact) mass is 212 g/mol. The number of rotatable bonds is 2. The summed E-state index contributed by atoms with van der Waals surface area (Å²) >= 11 is 0. The summed E-state index contributed by atoms with van der Waals surface area (Å²) in [4.78, 5) is 0. The van der Waals surface area contributed by atoms with Gasteiger partial charge in [0.2, 0.25) is 0 Å². The number of unbranched alkanes of at least 4 members (excludes halogenated alkanes) is 2. The summed E-state index contributed by atoms with van der Waals surface area (Å²) in [6, 6.07) is 0. The van der Waals surface area contributed by atoms with Crippen molar-refractivity contribution in [2.45, 2.75) is 73.1 Å². The first-order chi connectivity index (χ1) is 7.33. The molecule has 0 aromatic heterocycles. The Bertz CT molecular complexity index is 92.6. The fraction of sp³-hybridized carbons (Fsp3) is 0.733. The Hall–Kier alpha value is -0.520. The first-order valence-corrected chi connectivity index (χ1v) is 6.55. The molecule has 0 aromatic rings. The highest BCUT2D eigenvalue weighted by Gasteiger charge is 1.84. The fourth-order valence-electron chi connectivity index (χ4n) is 0.943. The van der Waals surface area contributed by atoms with Gasteiger partial charge in [0.15, 0.2) is 0 Å². The molecule has 0 fully saturated rings. The molecule has 0 aliphatic heterocycles. The van der Waals surface area contributed by atoms with Gasteiger partial charge in [-0.3, -0.25) is 0 Å². The van der Waals surface area contributed by atoms with Gasteiger partial charge in [0.05, 0.1) is 0 Å². The second kappa shape index (κ2) is 29.2. The lowest BCUT2D eigenvalue weighted by atomic mass is 10.3. The van der Waals surface area contributed by atoms with Gasteiger partial charge in [-0.05, 0) is 26.2 Å². The molecule has 0 radical (unpaired) electrons. The van der Waals surface area contributed by atoms with E-state index in [2.05, 4.69) is 32.6 Å². The van der Waals surface area contributed by atoms with E-state index in [0.29, 0.717) is 0 Å². The zero-order valence-corrected chi connectivity index (χ0v) is 11.7. The van der Waals surface area contributed by atoms with Crippen LogP contribution in [0.4, 0.5) is 0 Å². The van der Waals surface area contributed by atoms with E-state index < -0.39 is 0 Å². The van der Waals surface area contributed by atoms with Crippen molar-refractivity contribution in [1.82, 2.24) is 0 Å². The second-order valence-corrected chi connectivity index (χ2v) is 3.16. The first kappa shape index (κ1) is 20.0. The van der Waals surface area contributed by atoms with Gasteiger partial charge in [-0.1, -0.05) is 65.2 Å². The van der Waals surface area contributed by atoms with Crippen molar-refractivity contribution in [2.24, 2.45) is 0 Å². The van der Waals surface area contributed by atoms with Crippen LogP contribution < -0.4 is 0 Å². The second-order valence-electron chi connectivity index (χ2n) is 3.16. The molecule has 92 valence electrons. The van der Waals surface area contributed by atoms with Crippen LogP contribution in [-0.2, 0) is 0 Å². The molecule has 0 bridgehead atoms. The molecule has 0 heteroatoms. The smallest absolute Gasteiger partial charge is 0.0348 e. The molecule has 15 heavy (non-hydrogen) atoms. The third-order valence-corrected chi connectivity index (χ3v) is 1.62. The minimum atomic E-state index is 1.32. The molecule has 0 spiro atoms. The molecule has 0 N–H and O–H groups in total. The standard InChI is InChI=1S/C5H8.C5H12.C3H6.C2H6/c1-2-4-5-3-1;1-3-5-4-2;1-3-2;1-2/h1-2H,3-5H2;3-5H2,1-2H3;3H,1H2,2H3;1-2H3. The van der Waals surface area contributed by atoms with Crippen molar-refractivity contribution >= 4 is 0 Å². The molecule has 1 aliphatic rings. The van der Waals surface area contributed by atoms with Crippen LogP contribution in [0.1, 0.15) is 73.1 Å².